The molecule has 3 rings (SSSR count). The minimum Gasteiger partial charge on any atom is -0.485 e. The van der Waals surface area contributed by atoms with Gasteiger partial charge in [-0.2, -0.15) is 0 Å². The van der Waals surface area contributed by atoms with Crippen LogP contribution in [-0.4, -0.2) is 17.7 Å². The van der Waals surface area contributed by atoms with Crippen molar-refractivity contribution in [1.82, 2.24) is 0 Å². The fraction of sp³-hybridized carbons (Fsp3) is 0.200. The molecule has 24 heavy (non-hydrogen) atoms. The van der Waals surface area contributed by atoms with Crippen molar-refractivity contribution in [2.45, 2.75) is 25.9 Å². The Kier molecular flexibility index (Phi) is 4.54. The highest BCUT2D eigenvalue weighted by Crippen LogP contribution is 2.40. The fourth-order valence-electron chi connectivity index (χ4n) is 3.14. The maximum absolute atomic E-state index is 12.9. The maximum Gasteiger partial charge on any atom is 0.204 e. The molecule has 0 spiro atoms. The zero-order valence-electron chi connectivity index (χ0n) is 13.5. The zero-order valence-corrected chi connectivity index (χ0v) is 14.2. The van der Waals surface area contributed by atoms with Crippen LogP contribution in [0.5, 0.6) is 0 Å². The molecule has 1 heterocycles. The standard InChI is InChI=1S/C20H17ClO3/c1-12(22)17-13(2)24-20(18(17)14-6-4-3-5-7-14)19(23)15-8-10-16(21)11-9-15/h3-11,18,20H,1-2H3/t18-,20-/m1/s1. The number of rotatable bonds is 4. The van der Waals surface area contributed by atoms with Crippen molar-refractivity contribution in [2.75, 3.05) is 0 Å². The quantitative estimate of drug-likeness (QED) is 0.766. The number of ketones is 2. The van der Waals surface area contributed by atoms with Gasteiger partial charge in [0.1, 0.15) is 5.76 Å². The lowest BCUT2D eigenvalue weighted by atomic mass is 9.83. The number of halogens is 1. The Hall–Kier alpha value is -2.39. The van der Waals surface area contributed by atoms with Crippen LogP contribution in [0.3, 0.4) is 0 Å². The Bertz CT molecular complexity index is 807. The van der Waals surface area contributed by atoms with Crippen LogP contribution in [0.4, 0.5) is 0 Å². The largest absolute Gasteiger partial charge is 0.485 e. The van der Waals surface area contributed by atoms with Crippen molar-refractivity contribution >= 4 is 23.2 Å². The second kappa shape index (κ2) is 6.62. The molecule has 1 aliphatic rings. The zero-order chi connectivity index (χ0) is 17.3. The van der Waals surface area contributed by atoms with Gasteiger partial charge in [-0.3, -0.25) is 9.59 Å². The highest BCUT2D eigenvalue weighted by Gasteiger charge is 2.42. The molecule has 0 bridgehead atoms. The van der Waals surface area contributed by atoms with Crippen LogP contribution in [0.25, 0.3) is 0 Å². The van der Waals surface area contributed by atoms with E-state index >= 15 is 0 Å². The monoisotopic (exact) mass is 340 g/mol. The van der Waals surface area contributed by atoms with Gasteiger partial charge in [-0.05, 0) is 43.7 Å². The van der Waals surface area contributed by atoms with Gasteiger partial charge in [-0.15, -0.1) is 0 Å². The Morgan fingerprint density at radius 3 is 2.21 bits per heavy atom. The smallest absolute Gasteiger partial charge is 0.204 e. The molecular formula is C20H17ClO3. The van der Waals surface area contributed by atoms with Crippen LogP contribution < -0.4 is 0 Å². The molecule has 0 amide bonds. The van der Waals surface area contributed by atoms with Gasteiger partial charge in [0.25, 0.3) is 0 Å². The number of benzene rings is 2. The van der Waals surface area contributed by atoms with Crippen LogP contribution in [0.2, 0.25) is 5.02 Å². The number of allylic oxidation sites excluding steroid dienone is 1. The summed E-state index contributed by atoms with van der Waals surface area (Å²) >= 11 is 5.89. The molecule has 2 aromatic rings. The Morgan fingerprint density at radius 2 is 1.62 bits per heavy atom. The van der Waals surface area contributed by atoms with E-state index in [1.165, 1.54) is 6.92 Å². The number of hydrogen-bond donors (Lipinski definition) is 0. The molecule has 0 saturated heterocycles. The summed E-state index contributed by atoms with van der Waals surface area (Å²) in [5.41, 5.74) is 1.98. The third-order valence-electron chi connectivity index (χ3n) is 4.22. The molecular weight excluding hydrogens is 324 g/mol. The molecule has 0 fully saturated rings. The lowest BCUT2D eigenvalue weighted by Gasteiger charge is -2.20. The average molecular weight is 341 g/mol. The summed E-state index contributed by atoms with van der Waals surface area (Å²) in [7, 11) is 0. The van der Waals surface area contributed by atoms with Gasteiger partial charge < -0.3 is 4.74 Å². The van der Waals surface area contributed by atoms with Crippen molar-refractivity contribution < 1.29 is 14.3 Å². The van der Waals surface area contributed by atoms with Crippen molar-refractivity contribution in [3.05, 3.63) is 82.1 Å². The summed E-state index contributed by atoms with van der Waals surface area (Å²) in [6.45, 7) is 3.25. The fourth-order valence-corrected chi connectivity index (χ4v) is 3.27. The SMILES string of the molecule is CC(=O)C1=C(C)O[C@@H](C(=O)c2ccc(Cl)cc2)[C@@H]1c1ccccc1. The number of carbonyl (C=O) groups is 2. The summed E-state index contributed by atoms with van der Waals surface area (Å²) in [5, 5.41) is 0.567. The van der Waals surface area contributed by atoms with Crippen molar-refractivity contribution in [2.24, 2.45) is 0 Å². The van der Waals surface area contributed by atoms with Gasteiger partial charge in [0.05, 0.1) is 5.92 Å². The first-order valence-electron chi connectivity index (χ1n) is 7.72. The van der Waals surface area contributed by atoms with E-state index in [1.807, 2.05) is 30.3 Å². The second-order valence-electron chi connectivity index (χ2n) is 5.82. The molecule has 1 aliphatic heterocycles. The van der Waals surface area contributed by atoms with Gasteiger partial charge in [0.2, 0.25) is 5.78 Å². The number of carbonyl (C=O) groups excluding carboxylic acids is 2. The van der Waals surface area contributed by atoms with Crippen molar-refractivity contribution in [3.8, 4) is 0 Å². The van der Waals surface area contributed by atoms with Crippen LogP contribution >= 0.6 is 11.6 Å². The average Bonchev–Trinajstić information content (AvgIpc) is 2.93. The number of Topliss-reactive ketones (excluding diaryl/α,β-unsaturated/α-hetero) is 2. The van der Waals surface area contributed by atoms with Gasteiger partial charge >= 0.3 is 0 Å². The molecule has 0 aliphatic carbocycles. The van der Waals surface area contributed by atoms with Crippen molar-refractivity contribution in [3.63, 3.8) is 0 Å². The third kappa shape index (κ3) is 3.00. The third-order valence-corrected chi connectivity index (χ3v) is 4.47. The first-order valence-corrected chi connectivity index (χ1v) is 8.10. The Balaban J connectivity index is 2.02. The van der Waals surface area contributed by atoms with E-state index in [0.717, 1.165) is 5.56 Å². The van der Waals surface area contributed by atoms with Gasteiger partial charge in [-0.1, -0.05) is 41.9 Å². The van der Waals surface area contributed by atoms with E-state index in [4.69, 9.17) is 16.3 Å². The number of ether oxygens (including phenoxy) is 1. The van der Waals surface area contributed by atoms with E-state index in [0.29, 0.717) is 21.9 Å². The summed E-state index contributed by atoms with van der Waals surface area (Å²) < 4.78 is 5.82. The van der Waals surface area contributed by atoms with Crippen LogP contribution in [0.1, 0.15) is 35.7 Å². The first-order chi connectivity index (χ1) is 11.5. The molecule has 0 radical (unpaired) electrons. The summed E-state index contributed by atoms with van der Waals surface area (Å²) in [5.74, 6) is -0.112. The van der Waals surface area contributed by atoms with E-state index in [9.17, 15) is 9.59 Å². The van der Waals surface area contributed by atoms with Gasteiger partial charge in [-0.25, -0.2) is 0 Å². The summed E-state index contributed by atoms with van der Waals surface area (Å²) in [6, 6.07) is 16.2. The minimum absolute atomic E-state index is 0.0761. The lowest BCUT2D eigenvalue weighted by molar-refractivity contribution is -0.113. The normalized spacial score (nSPS) is 20.0. The first kappa shape index (κ1) is 16.5. The maximum atomic E-state index is 12.9. The van der Waals surface area contributed by atoms with E-state index in [1.54, 1.807) is 31.2 Å². The molecule has 122 valence electrons. The molecule has 0 N–H and O–H groups in total. The van der Waals surface area contributed by atoms with Crippen molar-refractivity contribution in [1.29, 1.82) is 0 Å². The van der Waals surface area contributed by atoms with Gasteiger partial charge in [0, 0.05) is 16.2 Å². The molecule has 2 atom stereocenters. The topological polar surface area (TPSA) is 43.4 Å². The highest BCUT2D eigenvalue weighted by atomic mass is 35.5. The second-order valence-corrected chi connectivity index (χ2v) is 6.26. The molecule has 2 aromatic carbocycles. The Labute approximate surface area is 145 Å². The molecule has 0 aromatic heterocycles. The van der Waals surface area contributed by atoms with Gasteiger partial charge in [0.15, 0.2) is 11.9 Å². The predicted octanol–water partition coefficient (Wildman–Crippen LogP) is 4.57. The molecule has 0 saturated carbocycles. The predicted molar refractivity (Wildman–Crippen MR) is 93.2 cm³/mol. The lowest BCUT2D eigenvalue weighted by Crippen LogP contribution is -2.28. The van der Waals surface area contributed by atoms with E-state index < -0.39 is 12.0 Å². The molecule has 4 heteroatoms. The Morgan fingerprint density at radius 1 is 1.00 bits per heavy atom. The summed E-state index contributed by atoms with van der Waals surface area (Å²) in [4.78, 5) is 25.1. The molecule has 3 nitrogen and oxygen atoms in total. The van der Waals surface area contributed by atoms with E-state index in [2.05, 4.69) is 0 Å². The van der Waals surface area contributed by atoms with Crippen LogP contribution in [0.15, 0.2) is 65.9 Å². The van der Waals surface area contributed by atoms with Crippen LogP contribution in [0, 0.1) is 0 Å². The van der Waals surface area contributed by atoms with Crippen LogP contribution in [-0.2, 0) is 9.53 Å². The summed E-state index contributed by atoms with van der Waals surface area (Å²) in [6.07, 6.45) is -0.743. The highest BCUT2D eigenvalue weighted by molar-refractivity contribution is 6.30. The van der Waals surface area contributed by atoms with E-state index in [-0.39, 0.29) is 11.6 Å². The molecule has 0 unspecified atom stereocenters. The minimum atomic E-state index is -0.743. The number of hydrogen-bond acceptors (Lipinski definition) is 3.